The molecule has 3 aromatic rings. The molecule has 1 aromatic carbocycles. The van der Waals surface area contributed by atoms with Crippen LogP contribution >= 0.6 is 11.6 Å². The lowest BCUT2D eigenvalue weighted by atomic mass is 10.1. The summed E-state index contributed by atoms with van der Waals surface area (Å²) in [4.78, 5) is 16.3. The van der Waals surface area contributed by atoms with Gasteiger partial charge in [-0.1, -0.05) is 23.7 Å². The molecule has 1 unspecified atom stereocenters. The van der Waals surface area contributed by atoms with Gasteiger partial charge in [0.25, 0.3) is 5.56 Å². The summed E-state index contributed by atoms with van der Waals surface area (Å²) >= 11 is 6.25. The molecule has 0 fully saturated rings. The standard InChI is InChI=1S/C20H16ClF3N4O2/c1-30-16-4-2-3-12-13(16)6-7-14(12)27-15-10-26-28(19(29)18(15)21)17-8-5-11(9-25-17)20(22,23)24/h2-5,8-10,14,27H,6-7H2,1H3. The molecule has 2 aromatic heterocycles. The fourth-order valence-electron chi connectivity index (χ4n) is 3.53. The summed E-state index contributed by atoms with van der Waals surface area (Å²) in [7, 11) is 1.62. The Morgan fingerprint density at radius 3 is 2.70 bits per heavy atom. The van der Waals surface area contributed by atoms with Crippen molar-refractivity contribution in [3.05, 3.63) is 74.8 Å². The first-order valence-corrected chi connectivity index (χ1v) is 9.41. The number of nitrogens with zero attached hydrogens (tertiary/aromatic N) is 3. The molecule has 6 nitrogen and oxygen atoms in total. The highest BCUT2D eigenvalue weighted by Gasteiger charge is 2.31. The molecule has 0 spiro atoms. The second kappa shape index (κ2) is 7.64. The van der Waals surface area contributed by atoms with Gasteiger partial charge >= 0.3 is 6.18 Å². The van der Waals surface area contributed by atoms with Crippen LogP contribution in [0.5, 0.6) is 5.75 Å². The molecule has 10 heteroatoms. The third-order valence-corrected chi connectivity index (χ3v) is 5.35. The zero-order valence-corrected chi connectivity index (χ0v) is 16.5. The van der Waals surface area contributed by atoms with Crippen molar-refractivity contribution in [2.24, 2.45) is 0 Å². The van der Waals surface area contributed by atoms with Crippen LogP contribution in [-0.2, 0) is 12.6 Å². The Hall–Kier alpha value is -3.07. The molecule has 156 valence electrons. The third-order valence-electron chi connectivity index (χ3n) is 4.99. The van der Waals surface area contributed by atoms with Gasteiger partial charge in [-0.15, -0.1) is 0 Å². The average molecular weight is 437 g/mol. The molecule has 2 heterocycles. The average Bonchev–Trinajstić information content (AvgIpc) is 3.14. The van der Waals surface area contributed by atoms with Gasteiger partial charge in [0.2, 0.25) is 0 Å². The van der Waals surface area contributed by atoms with Gasteiger partial charge in [-0.25, -0.2) is 4.98 Å². The van der Waals surface area contributed by atoms with E-state index in [4.69, 9.17) is 16.3 Å². The summed E-state index contributed by atoms with van der Waals surface area (Å²) in [5, 5.41) is 7.13. The quantitative estimate of drug-likeness (QED) is 0.656. The third kappa shape index (κ3) is 3.60. The summed E-state index contributed by atoms with van der Waals surface area (Å²) < 4.78 is 44.4. The minimum Gasteiger partial charge on any atom is -0.496 e. The van der Waals surface area contributed by atoms with E-state index in [-0.39, 0.29) is 16.9 Å². The number of hydrogen-bond acceptors (Lipinski definition) is 5. The molecule has 1 N–H and O–H groups in total. The molecule has 0 saturated carbocycles. The number of aromatic nitrogens is 3. The maximum absolute atomic E-state index is 12.7. The first kappa shape index (κ1) is 20.2. The van der Waals surface area contributed by atoms with Gasteiger partial charge < -0.3 is 10.1 Å². The number of alkyl halides is 3. The van der Waals surface area contributed by atoms with E-state index in [1.807, 2.05) is 18.2 Å². The van der Waals surface area contributed by atoms with Crippen LogP contribution in [0, 0.1) is 0 Å². The SMILES string of the molecule is COc1cccc2c1CCC2Nc1cnn(-c2ccc(C(F)(F)F)cn2)c(=O)c1Cl. The van der Waals surface area contributed by atoms with Crippen LogP contribution in [0.1, 0.15) is 29.2 Å². The zero-order valence-electron chi connectivity index (χ0n) is 15.7. The first-order chi connectivity index (χ1) is 14.3. The topological polar surface area (TPSA) is 69.0 Å². The van der Waals surface area contributed by atoms with Crippen molar-refractivity contribution < 1.29 is 17.9 Å². The summed E-state index contributed by atoms with van der Waals surface area (Å²) in [6.07, 6.45) is -0.909. The van der Waals surface area contributed by atoms with Crippen LogP contribution in [0.2, 0.25) is 5.02 Å². The molecule has 0 radical (unpaired) electrons. The Morgan fingerprint density at radius 2 is 2.03 bits per heavy atom. The van der Waals surface area contributed by atoms with Gasteiger partial charge in [0.05, 0.1) is 30.6 Å². The molecule has 0 amide bonds. The Bertz CT molecular complexity index is 1150. The second-order valence-electron chi connectivity index (χ2n) is 6.76. The van der Waals surface area contributed by atoms with Crippen molar-refractivity contribution in [3.63, 3.8) is 0 Å². The summed E-state index contributed by atoms with van der Waals surface area (Å²) in [6, 6.07) is 7.60. The van der Waals surface area contributed by atoms with E-state index in [9.17, 15) is 18.0 Å². The van der Waals surface area contributed by atoms with E-state index in [0.29, 0.717) is 11.9 Å². The summed E-state index contributed by atoms with van der Waals surface area (Å²) in [5.41, 5.74) is 0.894. The molecular formula is C20H16ClF3N4O2. The number of ether oxygens (including phenoxy) is 1. The maximum atomic E-state index is 12.7. The monoisotopic (exact) mass is 436 g/mol. The number of rotatable bonds is 4. The van der Waals surface area contributed by atoms with Crippen molar-refractivity contribution in [1.29, 1.82) is 0 Å². The van der Waals surface area contributed by atoms with E-state index >= 15 is 0 Å². The molecular weight excluding hydrogens is 421 g/mol. The van der Waals surface area contributed by atoms with Gasteiger partial charge in [0.15, 0.2) is 5.82 Å². The van der Waals surface area contributed by atoms with Gasteiger partial charge in [0, 0.05) is 6.20 Å². The van der Waals surface area contributed by atoms with Crippen LogP contribution < -0.4 is 15.6 Å². The van der Waals surface area contributed by atoms with Crippen molar-refractivity contribution in [2.45, 2.75) is 25.1 Å². The molecule has 0 bridgehead atoms. The maximum Gasteiger partial charge on any atom is 0.417 e. The number of hydrogen-bond donors (Lipinski definition) is 1. The molecule has 1 aliphatic rings. The largest absolute Gasteiger partial charge is 0.496 e. The van der Waals surface area contributed by atoms with Crippen LogP contribution in [-0.4, -0.2) is 21.9 Å². The molecule has 0 aliphatic heterocycles. The van der Waals surface area contributed by atoms with Gasteiger partial charge in [0.1, 0.15) is 10.8 Å². The van der Waals surface area contributed by atoms with Crippen molar-refractivity contribution in [3.8, 4) is 11.6 Å². The van der Waals surface area contributed by atoms with E-state index in [1.165, 1.54) is 6.20 Å². The van der Waals surface area contributed by atoms with E-state index < -0.39 is 17.3 Å². The number of methoxy groups -OCH3 is 1. The van der Waals surface area contributed by atoms with Crippen LogP contribution in [0.4, 0.5) is 18.9 Å². The highest BCUT2D eigenvalue weighted by molar-refractivity contribution is 6.33. The minimum atomic E-state index is -4.52. The number of nitrogens with one attached hydrogen (secondary N) is 1. The Kier molecular flexibility index (Phi) is 5.15. The highest BCUT2D eigenvalue weighted by atomic mass is 35.5. The fourth-order valence-corrected chi connectivity index (χ4v) is 3.71. The van der Waals surface area contributed by atoms with E-state index in [1.54, 1.807) is 7.11 Å². The smallest absolute Gasteiger partial charge is 0.417 e. The predicted molar refractivity (Wildman–Crippen MR) is 105 cm³/mol. The molecule has 1 aliphatic carbocycles. The van der Waals surface area contributed by atoms with Crippen LogP contribution in [0.3, 0.4) is 0 Å². The normalized spacial score (nSPS) is 15.7. The molecule has 1 atom stereocenters. The minimum absolute atomic E-state index is 0.0580. The van der Waals surface area contributed by atoms with Crippen LogP contribution in [0.15, 0.2) is 47.5 Å². The second-order valence-corrected chi connectivity index (χ2v) is 7.13. The number of halogens is 4. The Morgan fingerprint density at radius 1 is 1.23 bits per heavy atom. The number of benzene rings is 1. The van der Waals surface area contributed by atoms with Crippen molar-refractivity contribution in [2.75, 3.05) is 12.4 Å². The van der Waals surface area contributed by atoms with Gasteiger partial charge in [-0.3, -0.25) is 4.79 Å². The molecule has 4 rings (SSSR count). The van der Waals surface area contributed by atoms with Gasteiger partial charge in [-0.2, -0.15) is 23.0 Å². The lowest BCUT2D eigenvalue weighted by Gasteiger charge is -2.17. The number of anilines is 1. The summed E-state index contributed by atoms with van der Waals surface area (Å²) in [5.74, 6) is 0.752. The van der Waals surface area contributed by atoms with E-state index in [0.717, 1.165) is 46.5 Å². The molecule has 0 saturated heterocycles. The first-order valence-electron chi connectivity index (χ1n) is 9.03. The van der Waals surface area contributed by atoms with Crippen molar-refractivity contribution >= 4 is 17.3 Å². The summed E-state index contributed by atoms with van der Waals surface area (Å²) in [6.45, 7) is 0. The van der Waals surface area contributed by atoms with Crippen LogP contribution in [0.25, 0.3) is 5.82 Å². The van der Waals surface area contributed by atoms with E-state index in [2.05, 4.69) is 15.4 Å². The Balaban J connectivity index is 1.62. The lowest BCUT2D eigenvalue weighted by molar-refractivity contribution is -0.137. The van der Waals surface area contributed by atoms with Crippen molar-refractivity contribution in [1.82, 2.24) is 14.8 Å². The Labute approximate surface area is 174 Å². The highest BCUT2D eigenvalue weighted by Crippen LogP contribution is 2.39. The predicted octanol–water partition coefficient (Wildman–Crippen LogP) is 4.41. The van der Waals surface area contributed by atoms with Gasteiger partial charge in [-0.05, 0) is 42.2 Å². The molecule has 30 heavy (non-hydrogen) atoms. The number of fused-ring (bicyclic) bond motifs is 1. The number of pyridine rings is 1. The fraction of sp³-hybridized carbons (Fsp3) is 0.250. The lowest BCUT2D eigenvalue weighted by Crippen LogP contribution is -2.24. The zero-order chi connectivity index (χ0) is 21.5.